The Morgan fingerprint density at radius 2 is 1.77 bits per heavy atom. The van der Waals surface area contributed by atoms with Crippen LogP contribution in [-0.4, -0.2) is 31.2 Å². The molecule has 1 atom stereocenters. The lowest BCUT2D eigenvalue weighted by Gasteiger charge is -2.19. The minimum Gasteiger partial charge on any atom is -0.454 e. The van der Waals surface area contributed by atoms with E-state index in [2.05, 4.69) is 5.32 Å². The minimum atomic E-state index is -0.192. The number of fused-ring (bicyclic) bond motifs is 5. The summed E-state index contributed by atoms with van der Waals surface area (Å²) < 4.78 is 22.5. The number of aliphatic hydroxyl groups excluding tert-OH is 1. The summed E-state index contributed by atoms with van der Waals surface area (Å²) in [4.78, 5) is 12.8. The first kappa shape index (κ1) is 17.4. The SMILES string of the molecule is O=C1NC(CCCO)c2c1cc1ccc3c(c1c2-c1ccc2c(c1)OCO2)OCO3. The number of hydrogen-bond acceptors (Lipinski definition) is 6. The van der Waals surface area contributed by atoms with Gasteiger partial charge < -0.3 is 29.4 Å². The summed E-state index contributed by atoms with van der Waals surface area (Å²) in [7, 11) is 0. The van der Waals surface area contributed by atoms with Crippen molar-refractivity contribution in [2.45, 2.75) is 18.9 Å². The van der Waals surface area contributed by atoms with E-state index in [9.17, 15) is 9.90 Å². The fraction of sp³-hybridized carbons (Fsp3) is 0.261. The van der Waals surface area contributed by atoms with Gasteiger partial charge in [-0.25, -0.2) is 0 Å². The fourth-order valence-electron chi connectivity index (χ4n) is 4.59. The zero-order valence-electron chi connectivity index (χ0n) is 16.1. The van der Waals surface area contributed by atoms with Gasteiger partial charge in [0.15, 0.2) is 23.0 Å². The standard InChI is InChI=1S/C23H19NO6/c25-7-1-2-15-21-14(23(26)24-15)8-12-4-6-17-22(30-11-28-17)20(12)19(21)13-3-5-16-18(9-13)29-10-27-16/h3-6,8-9,15,25H,1-2,7,10-11H2,(H,24,26). The topological polar surface area (TPSA) is 86.3 Å². The van der Waals surface area contributed by atoms with E-state index in [0.29, 0.717) is 41.4 Å². The van der Waals surface area contributed by atoms with Crippen LogP contribution in [-0.2, 0) is 0 Å². The van der Waals surface area contributed by atoms with Gasteiger partial charge in [-0.1, -0.05) is 12.1 Å². The monoisotopic (exact) mass is 405 g/mol. The molecule has 3 aliphatic heterocycles. The molecule has 152 valence electrons. The van der Waals surface area contributed by atoms with Crippen LogP contribution in [0.25, 0.3) is 21.9 Å². The predicted octanol–water partition coefficient (Wildman–Crippen LogP) is 3.52. The first-order valence-electron chi connectivity index (χ1n) is 9.95. The van der Waals surface area contributed by atoms with Crippen LogP contribution in [0.2, 0.25) is 0 Å². The smallest absolute Gasteiger partial charge is 0.252 e. The van der Waals surface area contributed by atoms with E-state index in [1.54, 1.807) is 0 Å². The van der Waals surface area contributed by atoms with Crippen molar-refractivity contribution < 1.29 is 28.8 Å². The highest BCUT2D eigenvalue weighted by atomic mass is 16.7. The van der Waals surface area contributed by atoms with Crippen LogP contribution in [0.15, 0.2) is 36.4 Å². The summed E-state index contributed by atoms with van der Waals surface area (Å²) in [6.07, 6.45) is 1.24. The van der Waals surface area contributed by atoms with Gasteiger partial charge in [-0.15, -0.1) is 0 Å². The average molecular weight is 405 g/mol. The number of hydrogen-bond donors (Lipinski definition) is 2. The maximum Gasteiger partial charge on any atom is 0.252 e. The maximum atomic E-state index is 12.8. The van der Waals surface area contributed by atoms with Crippen molar-refractivity contribution in [2.24, 2.45) is 0 Å². The quantitative estimate of drug-likeness (QED) is 0.691. The van der Waals surface area contributed by atoms with E-state index in [4.69, 9.17) is 18.9 Å². The zero-order valence-corrected chi connectivity index (χ0v) is 16.1. The highest BCUT2D eigenvalue weighted by Gasteiger charge is 2.34. The van der Waals surface area contributed by atoms with Crippen LogP contribution in [0.3, 0.4) is 0 Å². The van der Waals surface area contributed by atoms with E-state index in [1.165, 1.54) is 0 Å². The molecule has 7 nitrogen and oxygen atoms in total. The second-order valence-corrected chi connectivity index (χ2v) is 7.57. The van der Waals surface area contributed by atoms with Gasteiger partial charge in [-0.2, -0.15) is 0 Å². The van der Waals surface area contributed by atoms with Gasteiger partial charge in [-0.05, 0) is 59.2 Å². The van der Waals surface area contributed by atoms with E-state index in [1.807, 2.05) is 36.4 Å². The molecule has 30 heavy (non-hydrogen) atoms. The molecule has 0 bridgehead atoms. The highest BCUT2D eigenvalue weighted by molar-refractivity contribution is 6.12. The third-order valence-electron chi connectivity index (χ3n) is 5.89. The van der Waals surface area contributed by atoms with Crippen LogP contribution in [0.4, 0.5) is 0 Å². The number of amides is 1. The van der Waals surface area contributed by atoms with Gasteiger partial charge in [0, 0.05) is 17.6 Å². The van der Waals surface area contributed by atoms with Crippen LogP contribution in [0.1, 0.15) is 34.8 Å². The summed E-state index contributed by atoms with van der Waals surface area (Å²) >= 11 is 0. The largest absolute Gasteiger partial charge is 0.454 e. The van der Waals surface area contributed by atoms with E-state index < -0.39 is 0 Å². The molecule has 3 aromatic rings. The molecule has 2 N–H and O–H groups in total. The molecule has 1 unspecified atom stereocenters. The molecule has 0 aliphatic carbocycles. The minimum absolute atomic E-state index is 0.0704. The summed E-state index contributed by atoms with van der Waals surface area (Å²) in [5.74, 6) is 2.64. The van der Waals surface area contributed by atoms with E-state index in [-0.39, 0.29) is 32.1 Å². The molecule has 0 radical (unpaired) electrons. The number of nitrogens with one attached hydrogen (secondary N) is 1. The highest BCUT2D eigenvalue weighted by Crippen LogP contribution is 2.50. The zero-order chi connectivity index (χ0) is 20.2. The number of rotatable bonds is 4. The van der Waals surface area contributed by atoms with Crippen molar-refractivity contribution in [3.8, 4) is 34.1 Å². The fourth-order valence-corrected chi connectivity index (χ4v) is 4.59. The molecule has 1 amide bonds. The second-order valence-electron chi connectivity index (χ2n) is 7.57. The van der Waals surface area contributed by atoms with Crippen LogP contribution in [0, 0.1) is 0 Å². The molecule has 7 heteroatoms. The van der Waals surface area contributed by atoms with Crippen molar-refractivity contribution in [3.63, 3.8) is 0 Å². The lowest BCUT2D eigenvalue weighted by molar-refractivity contribution is 0.0953. The molecule has 0 aromatic heterocycles. The first-order valence-corrected chi connectivity index (χ1v) is 9.95. The van der Waals surface area contributed by atoms with Crippen LogP contribution >= 0.6 is 0 Å². The maximum absolute atomic E-state index is 12.8. The number of benzene rings is 3. The van der Waals surface area contributed by atoms with E-state index in [0.717, 1.165) is 27.5 Å². The van der Waals surface area contributed by atoms with Gasteiger partial charge in [0.05, 0.1) is 6.04 Å². The summed E-state index contributed by atoms with van der Waals surface area (Å²) in [5.41, 5.74) is 3.40. The summed E-state index contributed by atoms with van der Waals surface area (Å²) in [5, 5.41) is 14.2. The molecule has 3 aliphatic rings. The van der Waals surface area contributed by atoms with Gasteiger partial charge in [0.25, 0.3) is 5.91 Å². The molecule has 3 heterocycles. The molecule has 0 spiro atoms. The predicted molar refractivity (Wildman–Crippen MR) is 108 cm³/mol. The van der Waals surface area contributed by atoms with Gasteiger partial charge in [-0.3, -0.25) is 4.79 Å². The number of ether oxygens (including phenoxy) is 4. The Balaban J connectivity index is 1.68. The van der Waals surface area contributed by atoms with Gasteiger partial charge in [0.1, 0.15) is 0 Å². The summed E-state index contributed by atoms with van der Waals surface area (Å²) in [6.45, 7) is 0.427. The van der Waals surface area contributed by atoms with Crippen molar-refractivity contribution in [2.75, 3.05) is 20.2 Å². The number of carbonyl (C=O) groups excluding carboxylic acids is 1. The Labute approximate surface area is 172 Å². The lowest BCUT2D eigenvalue weighted by Crippen LogP contribution is -2.19. The molecule has 0 saturated heterocycles. The molecular weight excluding hydrogens is 386 g/mol. The third-order valence-corrected chi connectivity index (χ3v) is 5.89. The second kappa shape index (κ2) is 6.53. The Hall–Kier alpha value is -3.45. The molecule has 3 aromatic carbocycles. The molecule has 6 rings (SSSR count). The molecule has 0 fully saturated rings. The summed E-state index contributed by atoms with van der Waals surface area (Å²) in [6, 6.07) is 11.4. The van der Waals surface area contributed by atoms with Crippen LogP contribution < -0.4 is 24.3 Å². The number of aliphatic hydroxyl groups is 1. The van der Waals surface area contributed by atoms with Gasteiger partial charge in [0.2, 0.25) is 13.6 Å². The van der Waals surface area contributed by atoms with Crippen molar-refractivity contribution in [3.05, 3.63) is 47.5 Å². The van der Waals surface area contributed by atoms with Crippen LogP contribution in [0.5, 0.6) is 23.0 Å². The first-order chi connectivity index (χ1) is 14.7. The van der Waals surface area contributed by atoms with E-state index >= 15 is 0 Å². The van der Waals surface area contributed by atoms with Crippen molar-refractivity contribution in [1.29, 1.82) is 0 Å². The number of carbonyl (C=O) groups is 1. The molecule has 0 saturated carbocycles. The Kier molecular flexibility index (Phi) is 3.79. The van der Waals surface area contributed by atoms with Crippen molar-refractivity contribution >= 4 is 16.7 Å². The Morgan fingerprint density at radius 3 is 2.67 bits per heavy atom. The average Bonchev–Trinajstić information content (AvgIpc) is 3.49. The third kappa shape index (κ3) is 2.45. The normalized spacial score (nSPS) is 18.0. The van der Waals surface area contributed by atoms with Crippen molar-refractivity contribution in [1.82, 2.24) is 5.32 Å². The Bertz CT molecular complexity index is 1200. The molecular formula is C23H19NO6. The Morgan fingerprint density at radius 1 is 0.967 bits per heavy atom. The van der Waals surface area contributed by atoms with Gasteiger partial charge >= 0.3 is 0 Å². The lowest BCUT2D eigenvalue weighted by atomic mass is 9.86.